The largest absolute Gasteiger partial charge is 0.344 e. The van der Waals surface area contributed by atoms with Gasteiger partial charge in [0.05, 0.1) is 17.8 Å². The minimum atomic E-state index is -0.343. The van der Waals surface area contributed by atoms with Gasteiger partial charge < -0.3 is 15.2 Å². The molecule has 25 heavy (non-hydrogen) atoms. The molecule has 1 amide bonds. The molecule has 0 radical (unpaired) electrons. The molecular formula is C18H21N5O2. The van der Waals surface area contributed by atoms with Gasteiger partial charge in [0.25, 0.3) is 11.5 Å². The summed E-state index contributed by atoms with van der Waals surface area (Å²) in [4.78, 5) is 29.4. The average molecular weight is 339 g/mol. The maximum Gasteiger partial charge on any atom is 0.274 e. The number of carbonyl (C=O) groups excluding carboxylic acids is 1. The first-order valence-corrected chi connectivity index (χ1v) is 8.03. The van der Waals surface area contributed by atoms with Crippen molar-refractivity contribution in [1.29, 1.82) is 0 Å². The molecule has 7 heteroatoms. The topological polar surface area (TPSA) is 82.5 Å². The van der Waals surface area contributed by atoms with E-state index < -0.39 is 0 Å². The van der Waals surface area contributed by atoms with Crippen LogP contribution < -0.4 is 10.9 Å². The van der Waals surface area contributed by atoms with Crippen molar-refractivity contribution >= 4 is 11.4 Å². The van der Waals surface area contributed by atoms with Crippen LogP contribution in [-0.4, -0.2) is 46.0 Å². The molecule has 1 unspecified atom stereocenters. The van der Waals surface area contributed by atoms with Gasteiger partial charge in [-0.25, -0.2) is 4.52 Å². The summed E-state index contributed by atoms with van der Waals surface area (Å²) >= 11 is 0. The summed E-state index contributed by atoms with van der Waals surface area (Å²) in [6.07, 6.45) is 4.51. The van der Waals surface area contributed by atoms with E-state index in [4.69, 9.17) is 0 Å². The molecule has 1 atom stereocenters. The number of carbonyl (C=O) groups is 1. The second-order valence-corrected chi connectivity index (χ2v) is 6.34. The number of likely N-dealkylation sites (N-methyl/N-ethyl adjacent to an activating group) is 1. The Morgan fingerprint density at radius 2 is 2.20 bits per heavy atom. The van der Waals surface area contributed by atoms with Crippen LogP contribution in [0.4, 0.5) is 0 Å². The molecule has 0 fully saturated rings. The minimum absolute atomic E-state index is 0.194. The molecule has 2 aromatic heterocycles. The molecule has 0 saturated carbocycles. The summed E-state index contributed by atoms with van der Waals surface area (Å²) in [5.41, 5.74) is 2.31. The highest BCUT2D eigenvalue weighted by atomic mass is 16.2. The van der Waals surface area contributed by atoms with Gasteiger partial charge in [0.1, 0.15) is 5.52 Å². The second kappa shape index (κ2) is 6.90. The van der Waals surface area contributed by atoms with Crippen LogP contribution in [0.5, 0.6) is 0 Å². The van der Waals surface area contributed by atoms with Gasteiger partial charge >= 0.3 is 0 Å². The highest BCUT2D eigenvalue weighted by Crippen LogP contribution is 2.17. The predicted octanol–water partition coefficient (Wildman–Crippen LogP) is 1.36. The predicted molar refractivity (Wildman–Crippen MR) is 95.8 cm³/mol. The monoisotopic (exact) mass is 339 g/mol. The van der Waals surface area contributed by atoms with E-state index in [0.717, 1.165) is 11.1 Å². The molecule has 3 rings (SSSR count). The maximum absolute atomic E-state index is 12.8. The molecule has 7 nitrogen and oxygen atoms in total. The molecule has 2 N–H and O–H groups in total. The lowest BCUT2D eigenvalue weighted by molar-refractivity contribution is 0.0931. The van der Waals surface area contributed by atoms with Crippen LogP contribution in [0.15, 0.2) is 47.7 Å². The lowest BCUT2D eigenvalue weighted by Crippen LogP contribution is -2.35. The van der Waals surface area contributed by atoms with Crippen molar-refractivity contribution in [1.82, 2.24) is 24.8 Å². The van der Waals surface area contributed by atoms with Crippen molar-refractivity contribution in [2.45, 2.75) is 13.0 Å². The molecular weight excluding hydrogens is 318 g/mol. The van der Waals surface area contributed by atoms with Crippen LogP contribution in [0.2, 0.25) is 0 Å². The van der Waals surface area contributed by atoms with Crippen LogP contribution in [0, 0.1) is 6.92 Å². The van der Waals surface area contributed by atoms with Crippen LogP contribution in [0.25, 0.3) is 5.52 Å². The number of nitrogens with one attached hydrogen (secondary N) is 2. The number of aryl methyl sites for hydroxylation is 1. The SMILES string of the molecule is Cc1cccc(C(CN(C)C)NC(=O)c2cnn3cc[nH]c(=O)c23)c1. The Balaban J connectivity index is 1.93. The van der Waals surface area contributed by atoms with Crippen molar-refractivity contribution < 1.29 is 4.79 Å². The van der Waals surface area contributed by atoms with Gasteiger partial charge in [-0.05, 0) is 26.6 Å². The van der Waals surface area contributed by atoms with Gasteiger partial charge in [0.15, 0.2) is 0 Å². The van der Waals surface area contributed by atoms with Crippen LogP contribution >= 0.6 is 0 Å². The molecule has 2 heterocycles. The third kappa shape index (κ3) is 3.61. The average Bonchev–Trinajstić information content (AvgIpc) is 2.99. The summed E-state index contributed by atoms with van der Waals surface area (Å²) in [6.45, 7) is 2.66. The van der Waals surface area contributed by atoms with Gasteiger partial charge in [0.2, 0.25) is 0 Å². The molecule has 0 aliphatic rings. The highest BCUT2D eigenvalue weighted by molar-refractivity contribution is 6.00. The number of amides is 1. The zero-order valence-corrected chi connectivity index (χ0v) is 14.5. The number of nitrogens with zero attached hydrogens (tertiary/aromatic N) is 3. The Labute approximate surface area is 145 Å². The smallest absolute Gasteiger partial charge is 0.274 e. The van der Waals surface area contributed by atoms with Crippen LogP contribution in [0.3, 0.4) is 0 Å². The van der Waals surface area contributed by atoms with Crippen molar-refractivity contribution in [3.8, 4) is 0 Å². The zero-order chi connectivity index (χ0) is 18.0. The molecule has 1 aromatic carbocycles. The summed E-state index contributed by atoms with van der Waals surface area (Å²) in [5.74, 6) is -0.319. The number of aromatic nitrogens is 3. The van der Waals surface area contributed by atoms with E-state index >= 15 is 0 Å². The maximum atomic E-state index is 12.8. The number of hydrogen-bond acceptors (Lipinski definition) is 4. The van der Waals surface area contributed by atoms with Crippen molar-refractivity contribution in [3.05, 3.63) is 69.9 Å². The van der Waals surface area contributed by atoms with Crippen molar-refractivity contribution in [2.75, 3.05) is 20.6 Å². The number of hydrogen-bond donors (Lipinski definition) is 2. The van der Waals surface area contributed by atoms with Crippen LogP contribution in [0.1, 0.15) is 27.5 Å². The minimum Gasteiger partial charge on any atom is -0.344 e. The molecule has 0 aliphatic carbocycles. The third-order valence-corrected chi connectivity index (χ3v) is 3.98. The molecule has 0 bridgehead atoms. The molecule has 0 saturated heterocycles. The first-order chi connectivity index (χ1) is 12.0. The standard InChI is InChI=1S/C18H21N5O2/c1-12-5-4-6-13(9-12)15(11-22(2)3)21-17(24)14-10-20-23-8-7-19-18(25)16(14)23/h4-10,15H,11H2,1-3H3,(H,19,25)(H,21,24). The van der Waals surface area contributed by atoms with Gasteiger partial charge in [-0.3, -0.25) is 9.59 Å². The highest BCUT2D eigenvalue weighted by Gasteiger charge is 2.20. The van der Waals surface area contributed by atoms with E-state index in [1.54, 1.807) is 6.20 Å². The van der Waals surface area contributed by atoms with E-state index in [0.29, 0.717) is 6.54 Å². The lowest BCUT2D eigenvalue weighted by Gasteiger charge is -2.23. The van der Waals surface area contributed by atoms with Gasteiger partial charge in [-0.2, -0.15) is 5.10 Å². The molecule has 0 spiro atoms. The Bertz CT molecular complexity index is 957. The summed E-state index contributed by atoms with van der Waals surface area (Å²) in [7, 11) is 3.91. The first-order valence-electron chi connectivity index (χ1n) is 8.03. The third-order valence-electron chi connectivity index (χ3n) is 3.98. The lowest BCUT2D eigenvalue weighted by atomic mass is 10.0. The quantitative estimate of drug-likeness (QED) is 0.735. The van der Waals surface area contributed by atoms with Gasteiger partial charge in [-0.15, -0.1) is 0 Å². The Morgan fingerprint density at radius 1 is 1.40 bits per heavy atom. The number of fused-ring (bicyclic) bond motifs is 1. The Kier molecular flexibility index (Phi) is 4.67. The summed E-state index contributed by atoms with van der Waals surface area (Å²) in [6, 6.07) is 7.84. The van der Waals surface area contributed by atoms with E-state index in [1.165, 1.54) is 16.9 Å². The fraction of sp³-hybridized carbons (Fsp3) is 0.278. The van der Waals surface area contributed by atoms with Crippen molar-refractivity contribution in [2.24, 2.45) is 0 Å². The van der Waals surface area contributed by atoms with Gasteiger partial charge in [0, 0.05) is 18.9 Å². The normalized spacial score (nSPS) is 12.5. The van der Waals surface area contributed by atoms with Crippen molar-refractivity contribution in [3.63, 3.8) is 0 Å². The molecule has 0 aliphatic heterocycles. The van der Waals surface area contributed by atoms with E-state index in [9.17, 15) is 9.59 Å². The summed E-state index contributed by atoms with van der Waals surface area (Å²) < 4.78 is 1.40. The van der Waals surface area contributed by atoms with Crippen LogP contribution in [-0.2, 0) is 0 Å². The fourth-order valence-corrected chi connectivity index (χ4v) is 2.84. The van der Waals surface area contributed by atoms with Gasteiger partial charge in [-0.1, -0.05) is 29.8 Å². The van der Waals surface area contributed by atoms with E-state index in [1.807, 2.05) is 44.1 Å². The Hall–Kier alpha value is -2.93. The van der Waals surface area contributed by atoms with E-state index in [2.05, 4.69) is 21.5 Å². The number of benzene rings is 1. The fourth-order valence-electron chi connectivity index (χ4n) is 2.84. The number of aromatic amines is 1. The first kappa shape index (κ1) is 16.9. The summed E-state index contributed by atoms with van der Waals surface area (Å²) in [5, 5.41) is 7.11. The van der Waals surface area contributed by atoms with E-state index in [-0.39, 0.29) is 28.6 Å². The number of H-pyrrole nitrogens is 1. The zero-order valence-electron chi connectivity index (χ0n) is 14.5. The molecule has 130 valence electrons. The molecule has 3 aromatic rings. The Morgan fingerprint density at radius 3 is 2.92 bits per heavy atom. The number of rotatable bonds is 5. The second-order valence-electron chi connectivity index (χ2n) is 6.34.